The van der Waals surface area contributed by atoms with E-state index in [1.807, 2.05) is 50.8 Å². The maximum absolute atomic E-state index is 12.9. The van der Waals surface area contributed by atoms with Crippen LogP contribution in [0.15, 0.2) is 30.3 Å². The molecule has 0 unspecified atom stereocenters. The summed E-state index contributed by atoms with van der Waals surface area (Å²) >= 11 is 0. The molecule has 1 saturated heterocycles. The molecule has 0 spiro atoms. The van der Waals surface area contributed by atoms with E-state index in [-0.39, 0.29) is 17.9 Å². The molecule has 5 nitrogen and oxygen atoms in total. The summed E-state index contributed by atoms with van der Waals surface area (Å²) in [5.41, 5.74) is 0.724. The van der Waals surface area contributed by atoms with Crippen LogP contribution in [0.2, 0.25) is 0 Å². The number of hydrogen-bond donors (Lipinski definition) is 1. The maximum atomic E-state index is 12.9. The lowest BCUT2D eigenvalue weighted by Crippen LogP contribution is -2.49. The highest BCUT2D eigenvalue weighted by Gasteiger charge is 2.30. The minimum Gasteiger partial charge on any atom is -0.444 e. The number of ether oxygens (including phenoxy) is 1. The van der Waals surface area contributed by atoms with Gasteiger partial charge in [-0.2, -0.15) is 0 Å². The zero-order valence-electron chi connectivity index (χ0n) is 16.5. The van der Waals surface area contributed by atoms with Gasteiger partial charge in [-0.05, 0) is 52.0 Å². The van der Waals surface area contributed by atoms with Gasteiger partial charge in [-0.1, -0.05) is 37.3 Å². The molecule has 1 fully saturated rings. The van der Waals surface area contributed by atoms with Gasteiger partial charge in [-0.3, -0.25) is 4.79 Å². The molecule has 1 aliphatic rings. The van der Waals surface area contributed by atoms with Crippen molar-refractivity contribution in [3.05, 3.63) is 35.9 Å². The molecule has 0 bridgehead atoms. The van der Waals surface area contributed by atoms with Crippen LogP contribution in [0.1, 0.15) is 52.5 Å². The van der Waals surface area contributed by atoms with Gasteiger partial charge in [-0.15, -0.1) is 0 Å². The predicted octanol–water partition coefficient (Wildman–Crippen LogP) is 3.77. The van der Waals surface area contributed by atoms with Crippen molar-refractivity contribution in [2.45, 2.75) is 65.0 Å². The van der Waals surface area contributed by atoms with E-state index in [0.29, 0.717) is 6.54 Å². The van der Waals surface area contributed by atoms with Crippen LogP contribution in [0, 0.1) is 5.92 Å². The smallest absolute Gasteiger partial charge is 0.407 e. The molecule has 1 heterocycles. The van der Waals surface area contributed by atoms with E-state index in [9.17, 15) is 9.59 Å². The van der Waals surface area contributed by atoms with Gasteiger partial charge in [0.1, 0.15) is 5.60 Å². The molecule has 1 aliphatic heterocycles. The average molecular weight is 360 g/mol. The van der Waals surface area contributed by atoms with Gasteiger partial charge in [0.15, 0.2) is 0 Å². The molecule has 2 amide bonds. The van der Waals surface area contributed by atoms with Crippen LogP contribution in [0.4, 0.5) is 4.79 Å². The third kappa shape index (κ3) is 6.36. The number of alkyl carbamates (subject to hydrolysis) is 1. The number of carbonyl (C=O) groups excluding carboxylic acids is 2. The van der Waals surface area contributed by atoms with Crippen molar-refractivity contribution in [1.29, 1.82) is 0 Å². The largest absolute Gasteiger partial charge is 0.444 e. The fraction of sp³-hybridized carbons (Fsp3) is 0.619. The number of likely N-dealkylation sites (tertiary alicyclic amines) is 1. The summed E-state index contributed by atoms with van der Waals surface area (Å²) in [4.78, 5) is 26.8. The molecule has 0 aromatic heterocycles. The van der Waals surface area contributed by atoms with Gasteiger partial charge >= 0.3 is 6.09 Å². The number of rotatable bonds is 5. The monoisotopic (exact) mass is 360 g/mol. The Bertz CT molecular complexity index is 595. The lowest BCUT2D eigenvalue weighted by molar-refractivity contribution is -0.138. The van der Waals surface area contributed by atoms with Gasteiger partial charge in [0.25, 0.3) is 0 Å². The van der Waals surface area contributed by atoms with Crippen molar-refractivity contribution < 1.29 is 14.3 Å². The SMILES string of the molecule is C[C@@H](CNC(=O)OC(C)(C)C)C(=O)N1CCCC[C@H]1Cc1ccccc1. The minimum atomic E-state index is -0.537. The molecule has 0 saturated carbocycles. The highest BCUT2D eigenvalue weighted by Crippen LogP contribution is 2.22. The molecular weight excluding hydrogens is 328 g/mol. The second kappa shape index (κ2) is 9.06. The molecule has 0 radical (unpaired) electrons. The Kier molecular flexibility index (Phi) is 7.06. The van der Waals surface area contributed by atoms with Crippen molar-refractivity contribution in [2.24, 2.45) is 5.92 Å². The van der Waals surface area contributed by atoms with Gasteiger partial charge in [0, 0.05) is 19.1 Å². The molecule has 1 aromatic rings. The number of hydrogen-bond acceptors (Lipinski definition) is 3. The van der Waals surface area contributed by atoms with E-state index in [2.05, 4.69) is 17.4 Å². The summed E-state index contributed by atoms with van der Waals surface area (Å²) in [6, 6.07) is 10.6. The molecule has 1 N–H and O–H groups in total. The van der Waals surface area contributed by atoms with Crippen LogP contribution in [0.3, 0.4) is 0 Å². The molecule has 1 aromatic carbocycles. The Morgan fingerprint density at radius 3 is 2.58 bits per heavy atom. The highest BCUT2D eigenvalue weighted by molar-refractivity contribution is 5.80. The quantitative estimate of drug-likeness (QED) is 0.869. The van der Waals surface area contributed by atoms with Crippen molar-refractivity contribution in [3.63, 3.8) is 0 Å². The molecule has 144 valence electrons. The topological polar surface area (TPSA) is 58.6 Å². The summed E-state index contributed by atoms with van der Waals surface area (Å²) in [5.74, 6) is -0.152. The Labute approximate surface area is 157 Å². The van der Waals surface area contributed by atoms with Crippen molar-refractivity contribution in [3.8, 4) is 0 Å². The number of benzene rings is 1. The first-order chi connectivity index (χ1) is 12.3. The summed E-state index contributed by atoms with van der Waals surface area (Å²) in [6.45, 7) is 8.43. The molecule has 2 rings (SSSR count). The van der Waals surface area contributed by atoms with Crippen LogP contribution in [0.5, 0.6) is 0 Å². The molecular formula is C21H32N2O3. The second-order valence-corrected chi connectivity index (χ2v) is 8.15. The maximum Gasteiger partial charge on any atom is 0.407 e. The standard InChI is InChI=1S/C21H32N2O3/c1-16(15-22-20(25)26-21(2,3)4)19(24)23-13-9-8-12-18(23)14-17-10-6-5-7-11-17/h5-7,10-11,16,18H,8-9,12-15H2,1-4H3,(H,22,25)/t16-,18-/m0/s1. The van der Waals surface area contributed by atoms with E-state index in [1.54, 1.807) is 0 Å². The molecule has 2 atom stereocenters. The van der Waals surface area contributed by atoms with Gasteiger partial charge < -0.3 is 15.0 Å². The molecule has 5 heteroatoms. The Morgan fingerprint density at radius 2 is 1.92 bits per heavy atom. The lowest BCUT2D eigenvalue weighted by atomic mass is 9.94. The fourth-order valence-electron chi connectivity index (χ4n) is 3.31. The van der Waals surface area contributed by atoms with E-state index < -0.39 is 11.7 Å². The normalized spacial score (nSPS) is 18.9. The third-order valence-corrected chi connectivity index (χ3v) is 4.60. The first-order valence-electron chi connectivity index (χ1n) is 9.57. The van der Waals surface area contributed by atoms with Crippen molar-refractivity contribution in [1.82, 2.24) is 10.2 Å². The Hall–Kier alpha value is -2.04. The highest BCUT2D eigenvalue weighted by atomic mass is 16.6. The number of nitrogens with one attached hydrogen (secondary N) is 1. The second-order valence-electron chi connectivity index (χ2n) is 8.15. The van der Waals surface area contributed by atoms with E-state index in [0.717, 1.165) is 32.2 Å². The number of amides is 2. The lowest BCUT2D eigenvalue weighted by Gasteiger charge is -2.37. The van der Waals surface area contributed by atoms with Gasteiger partial charge in [0.05, 0.1) is 5.92 Å². The first kappa shape index (κ1) is 20.3. The summed E-state index contributed by atoms with van der Waals surface area (Å²) < 4.78 is 5.24. The predicted molar refractivity (Wildman–Crippen MR) is 103 cm³/mol. The summed E-state index contributed by atoms with van der Waals surface area (Å²) in [6.07, 6.45) is 3.65. The van der Waals surface area contributed by atoms with Crippen molar-refractivity contribution in [2.75, 3.05) is 13.1 Å². The minimum absolute atomic E-state index is 0.113. The van der Waals surface area contributed by atoms with E-state index in [1.165, 1.54) is 5.56 Å². The Morgan fingerprint density at radius 1 is 1.23 bits per heavy atom. The Balaban J connectivity index is 1.91. The van der Waals surface area contributed by atoms with Crippen LogP contribution in [0.25, 0.3) is 0 Å². The van der Waals surface area contributed by atoms with Crippen LogP contribution in [-0.4, -0.2) is 41.6 Å². The van der Waals surface area contributed by atoms with E-state index in [4.69, 9.17) is 4.74 Å². The zero-order valence-corrected chi connectivity index (χ0v) is 16.5. The number of nitrogens with zero attached hydrogens (tertiary/aromatic N) is 1. The van der Waals surface area contributed by atoms with Crippen LogP contribution >= 0.6 is 0 Å². The fourth-order valence-corrected chi connectivity index (χ4v) is 3.31. The van der Waals surface area contributed by atoms with Crippen molar-refractivity contribution >= 4 is 12.0 Å². The third-order valence-electron chi connectivity index (χ3n) is 4.60. The van der Waals surface area contributed by atoms with Gasteiger partial charge in [0.2, 0.25) is 5.91 Å². The van der Waals surface area contributed by atoms with Gasteiger partial charge in [-0.25, -0.2) is 4.79 Å². The average Bonchev–Trinajstić information content (AvgIpc) is 2.59. The molecule has 0 aliphatic carbocycles. The number of carbonyl (C=O) groups is 2. The number of piperidine rings is 1. The first-order valence-corrected chi connectivity index (χ1v) is 9.57. The summed E-state index contributed by atoms with van der Waals surface area (Å²) in [7, 11) is 0. The molecule has 26 heavy (non-hydrogen) atoms. The summed E-state index contributed by atoms with van der Waals surface area (Å²) in [5, 5.41) is 2.71. The van der Waals surface area contributed by atoms with Crippen LogP contribution < -0.4 is 5.32 Å². The van der Waals surface area contributed by atoms with E-state index >= 15 is 0 Å². The van der Waals surface area contributed by atoms with Crippen LogP contribution in [-0.2, 0) is 16.0 Å². The zero-order chi connectivity index (χ0) is 19.2.